The van der Waals surface area contributed by atoms with E-state index in [1.807, 2.05) is 29.2 Å². The zero-order valence-corrected chi connectivity index (χ0v) is 18.8. The van der Waals surface area contributed by atoms with Crippen LogP contribution in [0.25, 0.3) is 10.9 Å². The number of piperidine rings is 1. The van der Waals surface area contributed by atoms with Crippen LogP contribution in [0.1, 0.15) is 48.3 Å². The van der Waals surface area contributed by atoms with E-state index in [1.165, 1.54) is 24.1 Å². The molecule has 4 aromatic rings. The number of nitrogens with zero attached hydrogens (tertiary/aromatic N) is 2. The van der Waals surface area contributed by atoms with Crippen LogP contribution in [0.4, 0.5) is 4.39 Å². The van der Waals surface area contributed by atoms with Crippen molar-refractivity contribution in [3.63, 3.8) is 0 Å². The molecule has 0 N–H and O–H groups in total. The zero-order chi connectivity index (χ0) is 22.6. The Morgan fingerprint density at radius 1 is 0.848 bits per heavy atom. The van der Waals surface area contributed by atoms with Crippen LogP contribution < -0.4 is 0 Å². The molecule has 1 amide bonds. The molecular formula is C29H29FN2O. The summed E-state index contributed by atoms with van der Waals surface area (Å²) in [5.74, 6) is -0.197. The summed E-state index contributed by atoms with van der Waals surface area (Å²) in [5, 5.41) is 1.15. The molecule has 3 aromatic carbocycles. The van der Waals surface area contributed by atoms with Crippen molar-refractivity contribution >= 4 is 16.8 Å². The van der Waals surface area contributed by atoms with Gasteiger partial charge in [0.25, 0.3) is 0 Å². The molecule has 1 aromatic heterocycles. The van der Waals surface area contributed by atoms with Crippen LogP contribution in [0.2, 0.25) is 0 Å². The Hall–Kier alpha value is -3.40. The molecule has 3 nitrogen and oxygen atoms in total. The Balaban J connectivity index is 1.56. The Kier molecular flexibility index (Phi) is 6.25. The van der Waals surface area contributed by atoms with Crippen LogP contribution in [-0.4, -0.2) is 28.5 Å². The third kappa shape index (κ3) is 4.70. The number of hydrogen-bond acceptors (Lipinski definition) is 1. The molecule has 0 bridgehead atoms. The lowest BCUT2D eigenvalue weighted by molar-refractivity contribution is -0.132. The van der Waals surface area contributed by atoms with E-state index >= 15 is 0 Å². The number of amides is 1. The van der Waals surface area contributed by atoms with Crippen molar-refractivity contribution < 1.29 is 9.18 Å². The highest BCUT2D eigenvalue weighted by Crippen LogP contribution is 2.36. The normalized spacial score (nSPS) is 15.0. The number of para-hydroxylation sites is 1. The second kappa shape index (κ2) is 9.62. The van der Waals surface area contributed by atoms with Gasteiger partial charge in [0.15, 0.2) is 0 Å². The number of halogens is 1. The molecule has 1 aliphatic heterocycles. The molecule has 0 spiro atoms. The quantitative estimate of drug-likeness (QED) is 0.342. The van der Waals surface area contributed by atoms with E-state index in [2.05, 4.69) is 53.2 Å². The molecule has 2 heterocycles. The van der Waals surface area contributed by atoms with Crippen molar-refractivity contribution in [1.82, 2.24) is 9.47 Å². The number of aromatic nitrogens is 1. The van der Waals surface area contributed by atoms with Gasteiger partial charge in [0.05, 0.1) is 0 Å². The lowest BCUT2D eigenvalue weighted by Gasteiger charge is -2.28. The first-order valence-corrected chi connectivity index (χ1v) is 11.8. The molecule has 33 heavy (non-hydrogen) atoms. The topological polar surface area (TPSA) is 25.2 Å². The van der Waals surface area contributed by atoms with E-state index in [1.54, 1.807) is 0 Å². The van der Waals surface area contributed by atoms with Gasteiger partial charge < -0.3 is 9.47 Å². The molecular weight excluding hydrogens is 411 g/mol. The highest BCUT2D eigenvalue weighted by Gasteiger charge is 2.26. The van der Waals surface area contributed by atoms with E-state index in [0.717, 1.165) is 54.5 Å². The van der Waals surface area contributed by atoms with Crippen molar-refractivity contribution in [2.24, 2.45) is 0 Å². The summed E-state index contributed by atoms with van der Waals surface area (Å²) >= 11 is 0. The third-order valence-corrected chi connectivity index (χ3v) is 6.75. The van der Waals surface area contributed by atoms with Crippen LogP contribution in [-0.2, 0) is 11.3 Å². The molecule has 1 saturated heterocycles. The summed E-state index contributed by atoms with van der Waals surface area (Å²) < 4.78 is 16.0. The minimum absolute atomic E-state index is 0.123. The van der Waals surface area contributed by atoms with E-state index < -0.39 is 0 Å². The SMILES string of the molecule is O=C(C[C@@H](c1ccc(F)cc1)c1cn(Cc2ccccc2)c2ccccc12)N1CCCCC1. The van der Waals surface area contributed by atoms with Gasteiger partial charge in [-0.15, -0.1) is 0 Å². The Morgan fingerprint density at radius 3 is 2.30 bits per heavy atom. The van der Waals surface area contributed by atoms with Gasteiger partial charge in [-0.25, -0.2) is 4.39 Å². The summed E-state index contributed by atoms with van der Waals surface area (Å²) in [6.07, 6.45) is 5.92. The smallest absolute Gasteiger partial charge is 0.223 e. The van der Waals surface area contributed by atoms with Gasteiger partial charge in [0, 0.05) is 49.1 Å². The van der Waals surface area contributed by atoms with Crippen LogP contribution >= 0.6 is 0 Å². The fourth-order valence-corrected chi connectivity index (χ4v) is 5.01. The zero-order valence-electron chi connectivity index (χ0n) is 18.8. The number of benzene rings is 3. The number of likely N-dealkylation sites (tertiary alicyclic amines) is 1. The Labute approximate surface area is 194 Å². The first-order valence-electron chi connectivity index (χ1n) is 11.8. The molecule has 0 saturated carbocycles. The van der Waals surface area contributed by atoms with E-state index in [9.17, 15) is 9.18 Å². The molecule has 1 atom stereocenters. The second-order valence-electron chi connectivity index (χ2n) is 8.96. The molecule has 1 aliphatic rings. The molecule has 1 fully saturated rings. The Bertz CT molecular complexity index is 1220. The van der Waals surface area contributed by atoms with Crippen molar-refractivity contribution in [1.29, 1.82) is 0 Å². The van der Waals surface area contributed by atoms with Gasteiger partial charge in [-0.3, -0.25) is 4.79 Å². The van der Waals surface area contributed by atoms with Crippen molar-refractivity contribution in [2.75, 3.05) is 13.1 Å². The fraction of sp³-hybridized carbons (Fsp3) is 0.276. The van der Waals surface area contributed by atoms with Crippen LogP contribution in [0.15, 0.2) is 85.1 Å². The van der Waals surface area contributed by atoms with Gasteiger partial charge in [-0.2, -0.15) is 0 Å². The highest BCUT2D eigenvalue weighted by molar-refractivity contribution is 5.87. The molecule has 168 valence electrons. The van der Waals surface area contributed by atoms with E-state index in [4.69, 9.17) is 0 Å². The maximum atomic E-state index is 13.7. The largest absolute Gasteiger partial charge is 0.343 e. The predicted octanol–water partition coefficient (Wildman–Crippen LogP) is 6.36. The summed E-state index contributed by atoms with van der Waals surface area (Å²) in [7, 11) is 0. The lowest BCUT2D eigenvalue weighted by Crippen LogP contribution is -2.36. The van der Waals surface area contributed by atoms with Crippen molar-refractivity contribution in [2.45, 2.75) is 38.1 Å². The summed E-state index contributed by atoms with van der Waals surface area (Å²) in [4.78, 5) is 15.3. The van der Waals surface area contributed by atoms with Crippen LogP contribution in [0, 0.1) is 5.82 Å². The molecule has 4 heteroatoms. The van der Waals surface area contributed by atoms with Gasteiger partial charge in [0.1, 0.15) is 5.82 Å². The minimum atomic E-state index is -0.258. The molecule has 5 rings (SSSR count). The predicted molar refractivity (Wildman–Crippen MR) is 131 cm³/mol. The number of rotatable bonds is 6. The lowest BCUT2D eigenvalue weighted by atomic mass is 9.87. The summed E-state index contributed by atoms with van der Waals surface area (Å²) in [6, 6.07) is 25.4. The van der Waals surface area contributed by atoms with Crippen LogP contribution in [0.5, 0.6) is 0 Å². The first kappa shape index (κ1) is 21.4. The van der Waals surface area contributed by atoms with Gasteiger partial charge in [0.2, 0.25) is 5.91 Å². The van der Waals surface area contributed by atoms with Crippen LogP contribution in [0.3, 0.4) is 0 Å². The van der Waals surface area contributed by atoms with Crippen molar-refractivity contribution in [3.8, 4) is 0 Å². The van der Waals surface area contributed by atoms with E-state index in [-0.39, 0.29) is 17.6 Å². The van der Waals surface area contributed by atoms with Gasteiger partial charge in [-0.05, 0) is 54.2 Å². The molecule has 0 radical (unpaired) electrons. The fourth-order valence-electron chi connectivity index (χ4n) is 5.01. The average molecular weight is 441 g/mol. The highest BCUT2D eigenvalue weighted by atomic mass is 19.1. The van der Waals surface area contributed by atoms with Gasteiger partial charge in [-0.1, -0.05) is 60.7 Å². The van der Waals surface area contributed by atoms with Crippen molar-refractivity contribution in [3.05, 3.63) is 108 Å². The standard InChI is InChI=1S/C29H29FN2O/c30-24-15-13-23(14-16-24)26(19-29(33)31-17-7-2-8-18-31)27-21-32(20-22-9-3-1-4-10-22)28-12-6-5-11-25(27)28/h1,3-6,9-16,21,26H,2,7-8,17-20H2/t26-/m0/s1. The monoisotopic (exact) mass is 440 g/mol. The molecule has 0 unspecified atom stereocenters. The molecule has 0 aliphatic carbocycles. The maximum Gasteiger partial charge on any atom is 0.223 e. The Morgan fingerprint density at radius 2 is 1.55 bits per heavy atom. The minimum Gasteiger partial charge on any atom is -0.343 e. The average Bonchev–Trinajstić information content (AvgIpc) is 3.22. The number of carbonyl (C=O) groups is 1. The second-order valence-corrected chi connectivity index (χ2v) is 8.96. The number of carbonyl (C=O) groups excluding carboxylic acids is 1. The van der Waals surface area contributed by atoms with E-state index in [0.29, 0.717) is 6.42 Å². The maximum absolute atomic E-state index is 13.7. The number of fused-ring (bicyclic) bond motifs is 1. The third-order valence-electron chi connectivity index (χ3n) is 6.75. The van der Waals surface area contributed by atoms with Gasteiger partial charge >= 0.3 is 0 Å². The summed E-state index contributed by atoms with van der Waals surface area (Å²) in [5.41, 5.74) is 4.48. The summed E-state index contributed by atoms with van der Waals surface area (Å²) in [6.45, 7) is 2.44. The number of hydrogen-bond donors (Lipinski definition) is 0. The first-order chi connectivity index (χ1) is 16.2.